The van der Waals surface area contributed by atoms with Crippen molar-refractivity contribution >= 4 is 43.8 Å². The van der Waals surface area contributed by atoms with E-state index in [-0.39, 0.29) is 11.4 Å². The van der Waals surface area contributed by atoms with Crippen molar-refractivity contribution in [2.24, 2.45) is 0 Å². The number of carbonyl (C=O) groups excluding carboxylic acids is 1. The Hall–Kier alpha value is -0.360. The molecule has 0 aliphatic heterocycles. The number of ether oxygens (including phenoxy) is 1. The van der Waals surface area contributed by atoms with Gasteiger partial charge in [-0.25, -0.2) is 9.59 Å². The van der Waals surface area contributed by atoms with Crippen molar-refractivity contribution in [1.29, 1.82) is 0 Å². The zero-order valence-electron chi connectivity index (χ0n) is 6.57. The lowest BCUT2D eigenvalue weighted by Gasteiger charge is -2.04. The minimum atomic E-state index is -1.17. The van der Waals surface area contributed by atoms with Crippen molar-refractivity contribution in [1.82, 2.24) is 0 Å². The molecule has 0 saturated carbocycles. The van der Waals surface area contributed by atoms with Crippen LogP contribution in [0.15, 0.2) is 12.2 Å². The van der Waals surface area contributed by atoms with Crippen LogP contribution in [0.25, 0.3) is 0 Å². The number of halogens is 2. The van der Waals surface area contributed by atoms with E-state index < -0.39 is 11.9 Å². The molecule has 0 radical (unpaired) electrons. The van der Waals surface area contributed by atoms with Gasteiger partial charge in [-0.05, 0) is 0 Å². The third-order valence-electron chi connectivity index (χ3n) is 0.936. The normalized spacial score (nSPS) is 12.8. The van der Waals surface area contributed by atoms with Crippen molar-refractivity contribution in [2.45, 2.75) is 4.83 Å². The molecule has 0 aromatic heterocycles. The number of carboxylic acid groups (broad SMARTS) is 1. The van der Waals surface area contributed by atoms with Crippen LogP contribution in [0.3, 0.4) is 0 Å². The molecule has 0 aliphatic rings. The number of carbonyl (C=O) groups is 2. The maximum absolute atomic E-state index is 10.8. The Bertz CT molecular complexity index is 215. The number of esters is 1. The minimum absolute atomic E-state index is 0.0367. The molecule has 0 aromatic carbocycles. The van der Waals surface area contributed by atoms with E-state index in [9.17, 15) is 9.59 Å². The first-order valence-corrected chi connectivity index (χ1v) is 5.37. The zero-order chi connectivity index (χ0) is 10.3. The Morgan fingerprint density at radius 3 is 2.54 bits per heavy atom. The SMILES string of the molecule is O=C(O)/C=C/C(=O)OCC(Br)CBr. The van der Waals surface area contributed by atoms with Crippen LogP contribution in [0.1, 0.15) is 0 Å². The summed E-state index contributed by atoms with van der Waals surface area (Å²) in [7, 11) is 0. The van der Waals surface area contributed by atoms with Gasteiger partial charge in [0.25, 0.3) is 0 Å². The molecule has 0 aromatic rings. The van der Waals surface area contributed by atoms with E-state index in [1.165, 1.54) is 0 Å². The van der Waals surface area contributed by atoms with Crippen molar-refractivity contribution in [2.75, 3.05) is 11.9 Å². The van der Waals surface area contributed by atoms with Gasteiger partial charge in [-0.15, -0.1) is 0 Å². The van der Waals surface area contributed by atoms with Gasteiger partial charge in [0, 0.05) is 17.5 Å². The lowest BCUT2D eigenvalue weighted by Crippen LogP contribution is -2.13. The molecule has 1 atom stereocenters. The first-order valence-electron chi connectivity index (χ1n) is 3.34. The van der Waals surface area contributed by atoms with Gasteiger partial charge in [-0.2, -0.15) is 0 Å². The molecule has 0 spiro atoms. The quantitative estimate of drug-likeness (QED) is 0.472. The molecule has 0 bridgehead atoms. The number of alkyl halides is 2. The first-order chi connectivity index (χ1) is 6.06. The van der Waals surface area contributed by atoms with Crippen LogP contribution in [0.4, 0.5) is 0 Å². The second-order valence-electron chi connectivity index (χ2n) is 2.05. The van der Waals surface area contributed by atoms with Gasteiger partial charge in [0.2, 0.25) is 0 Å². The number of hydrogen-bond acceptors (Lipinski definition) is 3. The molecular weight excluding hydrogens is 308 g/mol. The molecule has 0 rings (SSSR count). The fourth-order valence-electron chi connectivity index (χ4n) is 0.405. The van der Waals surface area contributed by atoms with Gasteiger partial charge in [-0.1, -0.05) is 31.9 Å². The molecule has 0 saturated heterocycles. The highest BCUT2D eigenvalue weighted by molar-refractivity contribution is 9.12. The minimum Gasteiger partial charge on any atom is -0.478 e. The summed E-state index contributed by atoms with van der Waals surface area (Å²) in [6, 6.07) is 0. The predicted octanol–water partition coefficient (Wildman–Crippen LogP) is 1.33. The van der Waals surface area contributed by atoms with E-state index in [4.69, 9.17) is 5.11 Å². The number of carboxylic acids is 1. The molecule has 1 unspecified atom stereocenters. The third kappa shape index (κ3) is 7.98. The van der Waals surface area contributed by atoms with Crippen LogP contribution in [-0.4, -0.2) is 33.8 Å². The summed E-state index contributed by atoms with van der Waals surface area (Å²) >= 11 is 6.40. The van der Waals surface area contributed by atoms with Crippen molar-refractivity contribution in [3.05, 3.63) is 12.2 Å². The highest BCUT2D eigenvalue weighted by atomic mass is 79.9. The largest absolute Gasteiger partial charge is 0.478 e. The molecule has 0 aliphatic carbocycles. The smallest absolute Gasteiger partial charge is 0.331 e. The van der Waals surface area contributed by atoms with E-state index in [0.717, 1.165) is 12.2 Å². The van der Waals surface area contributed by atoms with E-state index in [2.05, 4.69) is 36.6 Å². The summed E-state index contributed by atoms with van der Waals surface area (Å²) in [5.74, 6) is -1.83. The second kappa shape index (κ2) is 7.08. The summed E-state index contributed by atoms with van der Waals surface area (Å²) in [5, 5.41) is 8.83. The molecule has 4 nitrogen and oxygen atoms in total. The molecule has 1 N–H and O–H groups in total. The third-order valence-corrected chi connectivity index (χ3v) is 3.17. The van der Waals surface area contributed by atoms with Gasteiger partial charge in [0.1, 0.15) is 6.61 Å². The molecule has 0 amide bonds. The highest BCUT2D eigenvalue weighted by Crippen LogP contribution is 2.03. The van der Waals surface area contributed by atoms with Crippen molar-refractivity contribution < 1.29 is 19.4 Å². The van der Waals surface area contributed by atoms with Crippen LogP contribution in [0.5, 0.6) is 0 Å². The Morgan fingerprint density at radius 2 is 2.08 bits per heavy atom. The molecular formula is C7H8Br2O4. The maximum Gasteiger partial charge on any atom is 0.331 e. The lowest BCUT2D eigenvalue weighted by atomic mass is 10.5. The molecule has 13 heavy (non-hydrogen) atoms. The van der Waals surface area contributed by atoms with Gasteiger partial charge < -0.3 is 9.84 Å². The maximum atomic E-state index is 10.8. The zero-order valence-corrected chi connectivity index (χ0v) is 9.75. The average molecular weight is 316 g/mol. The molecule has 6 heteroatoms. The predicted molar refractivity (Wildman–Crippen MR) is 54.2 cm³/mol. The number of aliphatic carboxylic acids is 1. The fraction of sp³-hybridized carbons (Fsp3) is 0.429. The van der Waals surface area contributed by atoms with Gasteiger partial charge >= 0.3 is 11.9 Å². The Morgan fingerprint density at radius 1 is 1.46 bits per heavy atom. The Balaban J connectivity index is 3.69. The van der Waals surface area contributed by atoms with Crippen molar-refractivity contribution in [3.8, 4) is 0 Å². The Labute approximate surface area is 92.2 Å². The summed E-state index contributed by atoms with van der Waals surface area (Å²) in [6.45, 7) is 0.202. The lowest BCUT2D eigenvalue weighted by molar-refractivity contribution is -0.138. The van der Waals surface area contributed by atoms with Crippen LogP contribution in [-0.2, 0) is 14.3 Å². The standard InChI is InChI=1S/C7H8Br2O4/c8-3-5(9)4-13-7(12)2-1-6(10)11/h1-2,5H,3-4H2,(H,10,11)/b2-1+. The van der Waals surface area contributed by atoms with Crippen LogP contribution < -0.4 is 0 Å². The van der Waals surface area contributed by atoms with Gasteiger partial charge in [0.05, 0.1) is 4.83 Å². The summed E-state index contributed by atoms with van der Waals surface area (Å²) < 4.78 is 4.68. The number of hydrogen-bond donors (Lipinski definition) is 1. The van der Waals surface area contributed by atoms with E-state index in [0.29, 0.717) is 5.33 Å². The van der Waals surface area contributed by atoms with Crippen molar-refractivity contribution in [3.63, 3.8) is 0 Å². The monoisotopic (exact) mass is 314 g/mol. The summed E-state index contributed by atoms with van der Waals surface area (Å²) in [4.78, 5) is 20.8. The van der Waals surface area contributed by atoms with Crippen LogP contribution in [0.2, 0.25) is 0 Å². The van der Waals surface area contributed by atoms with Crippen LogP contribution >= 0.6 is 31.9 Å². The van der Waals surface area contributed by atoms with Gasteiger partial charge in [-0.3, -0.25) is 0 Å². The average Bonchev–Trinajstić information content (AvgIpc) is 2.10. The molecule has 0 heterocycles. The highest BCUT2D eigenvalue weighted by Gasteiger charge is 2.04. The number of rotatable bonds is 5. The summed E-state index contributed by atoms with van der Waals surface area (Å²) in [5.41, 5.74) is 0. The summed E-state index contributed by atoms with van der Waals surface area (Å²) in [6.07, 6.45) is 1.61. The van der Waals surface area contributed by atoms with Crippen LogP contribution in [0, 0.1) is 0 Å². The second-order valence-corrected chi connectivity index (χ2v) is 4.00. The van der Waals surface area contributed by atoms with E-state index >= 15 is 0 Å². The first kappa shape index (κ1) is 12.6. The molecule has 0 fully saturated rings. The van der Waals surface area contributed by atoms with E-state index in [1.54, 1.807) is 0 Å². The molecule has 74 valence electrons. The Kier molecular flexibility index (Phi) is 6.89. The van der Waals surface area contributed by atoms with Gasteiger partial charge in [0.15, 0.2) is 0 Å². The van der Waals surface area contributed by atoms with E-state index in [1.807, 2.05) is 0 Å². The fourth-order valence-corrected chi connectivity index (χ4v) is 0.724. The topological polar surface area (TPSA) is 63.6 Å².